The maximum atomic E-state index is 3.30. The van der Waals surface area contributed by atoms with Gasteiger partial charge in [-0.1, -0.05) is 38.5 Å². The molecule has 2 heteroatoms. The summed E-state index contributed by atoms with van der Waals surface area (Å²) in [6.07, 6.45) is 1.29. The first-order valence-electron chi connectivity index (χ1n) is 1.53. The third kappa shape index (κ3) is 5.21. The van der Waals surface area contributed by atoms with Crippen LogP contribution < -0.4 is 0 Å². The van der Waals surface area contributed by atoms with Crippen molar-refractivity contribution in [1.29, 1.82) is 0 Å². The van der Waals surface area contributed by atoms with Gasteiger partial charge in [-0.3, -0.25) is 0 Å². The second kappa shape index (κ2) is 5.21. The molecule has 0 amide bonds. The summed E-state index contributed by atoms with van der Waals surface area (Å²) in [6, 6.07) is 0. The van der Waals surface area contributed by atoms with Gasteiger partial charge in [-0.15, -0.1) is 0 Å². The summed E-state index contributed by atoms with van der Waals surface area (Å²) in [4.78, 5) is 0. The van der Waals surface area contributed by atoms with Crippen LogP contribution >= 0.6 is 38.5 Å². The van der Waals surface area contributed by atoms with Gasteiger partial charge in [0.25, 0.3) is 0 Å². The number of rotatable bonds is 2. The Morgan fingerprint density at radius 2 is 2.20 bits per heavy atom. The largest absolute Gasteiger partial charge is 0.0928 e. The van der Waals surface area contributed by atoms with Crippen LogP contribution in [-0.2, 0) is 0 Å². The lowest BCUT2D eigenvalue weighted by molar-refractivity contribution is 1.16. The molecule has 5 heavy (non-hydrogen) atoms. The summed E-state index contributed by atoms with van der Waals surface area (Å²) in [5, 5.41) is 1.15. The van der Waals surface area contributed by atoms with E-state index in [4.69, 9.17) is 0 Å². The lowest BCUT2D eigenvalue weighted by atomic mass is 10.6. The molecule has 0 bridgehead atoms. The topological polar surface area (TPSA) is 0 Å². The van der Waals surface area contributed by atoms with E-state index in [2.05, 4.69) is 38.5 Å². The molecule has 0 saturated carbocycles. The fraction of sp³-hybridized carbons (Fsp3) is 1.00. The SMILES string of the molecule is BrCCCI. The van der Waals surface area contributed by atoms with Crippen LogP contribution in [0.2, 0.25) is 0 Å². The molecule has 0 spiro atoms. The predicted octanol–water partition coefficient (Wildman–Crippen LogP) is 2.21. The third-order valence-corrected chi connectivity index (χ3v) is 1.59. The van der Waals surface area contributed by atoms with E-state index in [-0.39, 0.29) is 0 Å². The van der Waals surface area contributed by atoms with Crippen molar-refractivity contribution >= 4 is 38.5 Å². The lowest BCUT2D eigenvalue weighted by Crippen LogP contribution is -1.69. The standard InChI is InChI=1S/C3H6BrI/c4-2-1-3-5/h1-3H2. The average molecular weight is 249 g/mol. The van der Waals surface area contributed by atoms with Crippen LogP contribution in [0, 0.1) is 0 Å². The van der Waals surface area contributed by atoms with Crippen LogP contribution in [-0.4, -0.2) is 9.76 Å². The zero-order chi connectivity index (χ0) is 4.12. The zero-order valence-electron chi connectivity index (χ0n) is 2.88. The van der Waals surface area contributed by atoms with Gasteiger partial charge >= 0.3 is 0 Å². The van der Waals surface area contributed by atoms with E-state index < -0.39 is 0 Å². The molecule has 32 valence electrons. The Kier molecular flexibility index (Phi) is 6.47. The molecule has 0 fully saturated rings. The number of halogens is 2. The van der Waals surface area contributed by atoms with Gasteiger partial charge in [-0.05, 0) is 6.42 Å². The van der Waals surface area contributed by atoms with E-state index in [1.807, 2.05) is 0 Å². The van der Waals surface area contributed by atoms with Gasteiger partial charge < -0.3 is 0 Å². The maximum absolute atomic E-state index is 3.30. The van der Waals surface area contributed by atoms with Gasteiger partial charge in [0.15, 0.2) is 0 Å². The van der Waals surface area contributed by atoms with Crippen LogP contribution in [0.4, 0.5) is 0 Å². The van der Waals surface area contributed by atoms with Gasteiger partial charge in [0, 0.05) is 9.76 Å². The first-order chi connectivity index (χ1) is 2.41. The van der Waals surface area contributed by atoms with Crippen LogP contribution in [0.1, 0.15) is 6.42 Å². The van der Waals surface area contributed by atoms with E-state index in [1.54, 1.807) is 0 Å². The Morgan fingerprint density at radius 3 is 2.20 bits per heavy atom. The third-order valence-electron chi connectivity index (χ3n) is 0.267. The summed E-state index contributed by atoms with van der Waals surface area (Å²) < 4.78 is 1.27. The number of hydrogen-bond donors (Lipinski definition) is 0. The molecule has 0 atom stereocenters. The van der Waals surface area contributed by atoms with Crippen molar-refractivity contribution in [1.82, 2.24) is 0 Å². The van der Waals surface area contributed by atoms with Crippen molar-refractivity contribution in [3.05, 3.63) is 0 Å². The van der Waals surface area contributed by atoms with Crippen LogP contribution in [0.25, 0.3) is 0 Å². The Balaban J connectivity index is 2.19. The minimum Gasteiger partial charge on any atom is -0.0928 e. The summed E-state index contributed by atoms with van der Waals surface area (Å²) in [7, 11) is 0. The Labute approximate surface area is 54.6 Å². The number of hydrogen-bond acceptors (Lipinski definition) is 0. The van der Waals surface area contributed by atoms with Crippen molar-refractivity contribution in [2.45, 2.75) is 6.42 Å². The Bertz CT molecular complexity index is 14.4. The highest BCUT2D eigenvalue weighted by atomic mass is 127. The van der Waals surface area contributed by atoms with Gasteiger partial charge in [0.2, 0.25) is 0 Å². The van der Waals surface area contributed by atoms with Gasteiger partial charge in [0.1, 0.15) is 0 Å². The van der Waals surface area contributed by atoms with E-state index in [9.17, 15) is 0 Å². The molecule has 0 saturated heterocycles. The molecule has 0 radical (unpaired) electrons. The monoisotopic (exact) mass is 248 g/mol. The summed E-state index contributed by atoms with van der Waals surface area (Å²) in [6.45, 7) is 0. The highest BCUT2D eigenvalue weighted by molar-refractivity contribution is 14.1. The van der Waals surface area contributed by atoms with Crippen molar-refractivity contribution in [3.8, 4) is 0 Å². The van der Waals surface area contributed by atoms with Crippen LogP contribution in [0.15, 0.2) is 0 Å². The second-order valence-electron chi connectivity index (χ2n) is 0.732. The minimum absolute atomic E-state index is 1.15. The Hall–Kier alpha value is 1.21. The van der Waals surface area contributed by atoms with Crippen LogP contribution in [0.3, 0.4) is 0 Å². The highest BCUT2D eigenvalue weighted by Gasteiger charge is 1.71. The van der Waals surface area contributed by atoms with Crippen molar-refractivity contribution in [2.24, 2.45) is 0 Å². The zero-order valence-corrected chi connectivity index (χ0v) is 6.62. The summed E-state index contributed by atoms with van der Waals surface area (Å²) in [5.41, 5.74) is 0. The Morgan fingerprint density at radius 1 is 1.60 bits per heavy atom. The van der Waals surface area contributed by atoms with Gasteiger partial charge in [-0.25, -0.2) is 0 Å². The molecule has 0 rings (SSSR count). The van der Waals surface area contributed by atoms with Crippen LogP contribution in [0.5, 0.6) is 0 Å². The van der Waals surface area contributed by atoms with Crippen molar-refractivity contribution < 1.29 is 0 Å². The molecule has 0 unspecified atom stereocenters. The maximum Gasteiger partial charge on any atom is 0.00386 e. The molecular formula is C3H6BrI. The number of alkyl halides is 2. The van der Waals surface area contributed by atoms with Gasteiger partial charge in [0.05, 0.1) is 0 Å². The molecule has 0 heterocycles. The van der Waals surface area contributed by atoms with E-state index in [0.29, 0.717) is 0 Å². The lowest BCUT2D eigenvalue weighted by Gasteiger charge is -1.76. The first-order valence-corrected chi connectivity index (χ1v) is 4.18. The van der Waals surface area contributed by atoms with Crippen molar-refractivity contribution in [2.75, 3.05) is 9.76 Å². The molecule has 0 aliphatic rings. The molecule has 0 nitrogen and oxygen atoms in total. The molecule has 0 aromatic carbocycles. The predicted molar refractivity (Wildman–Crippen MR) is 37.3 cm³/mol. The summed E-state index contributed by atoms with van der Waals surface area (Å²) >= 11 is 5.66. The molecule has 0 aliphatic carbocycles. The summed E-state index contributed by atoms with van der Waals surface area (Å²) in [5.74, 6) is 0. The fourth-order valence-electron chi connectivity index (χ4n) is 0.0505. The smallest absolute Gasteiger partial charge is 0.00386 e. The van der Waals surface area contributed by atoms with E-state index >= 15 is 0 Å². The fourth-order valence-corrected chi connectivity index (χ4v) is 1.76. The molecule has 0 aromatic heterocycles. The minimum atomic E-state index is 1.15. The molecule has 0 aromatic rings. The molecule has 0 N–H and O–H groups in total. The normalized spacial score (nSPS) is 8.40. The average Bonchev–Trinajstić information content (AvgIpc) is 1.41. The highest BCUT2D eigenvalue weighted by Crippen LogP contribution is 1.90. The first kappa shape index (κ1) is 6.21. The van der Waals surface area contributed by atoms with Gasteiger partial charge in [-0.2, -0.15) is 0 Å². The van der Waals surface area contributed by atoms with Crippen molar-refractivity contribution in [3.63, 3.8) is 0 Å². The molecule has 0 aliphatic heterocycles. The van der Waals surface area contributed by atoms with E-state index in [0.717, 1.165) is 5.33 Å². The quantitative estimate of drug-likeness (QED) is 0.519. The molecular weight excluding hydrogens is 243 g/mol. The van der Waals surface area contributed by atoms with E-state index in [1.165, 1.54) is 10.8 Å². The second-order valence-corrected chi connectivity index (χ2v) is 2.60.